The lowest BCUT2D eigenvalue weighted by Gasteiger charge is -2.29. The van der Waals surface area contributed by atoms with Crippen molar-refractivity contribution in [3.63, 3.8) is 0 Å². The molecule has 1 heterocycles. The second-order valence-corrected chi connectivity index (χ2v) is 7.88. The maximum absolute atomic E-state index is 12.5. The Morgan fingerprint density at radius 2 is 2.00 bits per heavy atom. The lowest BCUT2D eigenvalue weighted by molar-refractivity contribution is -0.133. The summed E-state index contributed by atoms with van der Waals surface area (Å²) in [6.45, 7) is 5.17. The van der Waals surface area contributed by atoms with Crippen LogP contribution in [0.2, 0.25) is 5.02 Å². The molecule has 1 aliphatic rings. The van der Waals surface area contributed by atoms with E-state index in [2.05, 4.69) is 4.72 Å². The molecule has 8 heteroatoms. The summed E-state index contributed by atoms with van der Waals surface area (Å²) in [5, 5.41) is 0.217. The van der Waals surface area contributed by atoms with Crippen LogP contribution in [0.3, 0.4) is 0 Å². The number of sulfonamides is 1. The molecule has 1 aromatic carbocycles. The van der Waals surface area contributed by atoms with E-state index < -0.39 is 16.1 Å². The number of carbonyl (C=O) groups excluding carboxylic acids is 1. The summed E-state index contributed by atoms with van der Waals surface area (Å²) < 4.78 is 32.7. The predicted molar refractivity (Wildman–Crippen MR) is 92.8 cm³/mol. The fraction of sp³-hybridized carbons (Fsp3) is 0.562. The highest BCUT2D eigenvalue weighted by molar-refractivity contribution is 7.89. The number of ether oxygens (including phenoxy) is 1. The number of likely N-dealkylation sites (tertiary alicyclic amines) is 1. The van der Waals surface area contributed by atoms with Gasteiger partial charge < -0.3 is 9.64 Å². The van der Waals surface area contributed by atoms with Gasteiger partial charge in [-0.1, -0.05) is 11.6 Å². The smallest absolute Gasteiger partial charge is 0.241 e. The maximum Gasteiger partial charge on any atom is 0.241 e. The summed E-state index contributed by atoms with van der Waals surface area (Å²) in [6, 6.07) is 3.43. The molecule has 1 aliphatic heterocycles. The highest BCUT2D eigenvalue weighted by Crippen LogP contribution is 2.27. The Hall–Kier alpha value is -1.31. The quantitative estimate of drug-likeness (QED) is 0.829. The van der Waals surface area contributed by atoms with Crippen molar-refractivity contribution in [2.75, 3.05) is 19.7 Å². The zero-order chi connectivity index (χ0) is 17.7. The molecule has 0 aromatic heterocycles. The lowest BCUT2D eigenvalue weighted by atomic mass is 10.1. The van der Waals surface area contributed by atoms with Gasteiger partial charge in [-0.15, -0.1) is 0 Å². The van der Waals surface area contributed by atoms with Gasteiger partial charge in [0.15, 0.2) is 0 Å². The van der Waals surface area contributed by atoms with Crippen molar-refractivity contribution in [1.82, 2.24) is 9.62 Å². The van der Waals surface area contributed by atoms with Crippen molar-refractivity contribution in [3.05, 3.63) is 23.2 Å². The SMILES string of the molecule is CCOc1ccc(S(=O)(=O)N[C@H](C)C(=O)N2CCCCC2)cc1Cl. The average Bonchev–Trinajstić information content (AvgIpc) is 2.56. The van der Waals surface area contributed by atoms with Crippen LogP contribution in [0.4, 0.5) is 0 Å². The van der Waals surface area contributed by atoms with Crippen molar-refractivity contribution >= 4 is 27.5 Å². The first-order valence-corrected chi connectivity index (χ1v) is 9.94. The number of nitrogens with zero attached hydrogens (tertiary/aromatic N) is 1. The molecule has 0 aliphatic carbocycles. The average molecular weight is 375 g/mol. The number of piperidine rings is 1. The standard InChI is InChI=1S/C16H23ClN2O4S/c1-3-23-15-8-7-13(11-14(15)17)24(21,22)18-12(2)16(20)19-9-5-4-6-10-19/h7-8,11-12,18H,3-6,9-10H2,1-2H3/t12-/m1/s1. The Morgan fingerprint density at radius 3 is 2.58 bits per heavy atom. The van der Waals surface area contributed by atoms with Gasteiger partial charge in [-0.2, -0.15) is 4.72 Å². The van der Waals surface area contributed by atoms with Crippen LogP contribution in [0.1, 0.15) is 33.1 Å². The molecule has 134 valence electrons. The van der Waals surface area contributed by atoms with Gasteiger partial charge in [0.1, 0.15) is 5.75 Å². The Morgan fingerprint density at radius 1 is 1.33 bits per heavy atom. The fourth-order valence-corrected chi connectivity index (χ4v) is 4.18. The minimum atomic E-state index is -3.83. The van der Waals surface area contributed by atoms with Crippen molar-refractivity contribution in [1.29, 1.82) is 0 Å². The fourth-order valence-electron chi connectivity index (χ4n) is 2.66. The van der Waals surface area contributed by atoms with Gasteiger partial charge in [-0.3, -0.25) is 4.79 Å². The van der Waals surface area contributed by atoms with Crippen LogP contribution in [0, 0.1) is 0 Å². The topological polar surface area (TPSA) is 75.7 Å². The normalized spacial score (nSPS) is 16.7. The number of nitrogens with one attached hydrogen (secondary N) is 1. The van der Waals surface area contributed by atoms with Crippen molar-refractivity contribution in [2.24, 2.45) is 0 Å². The molecule has 1 amide bonds. The lowest BCUT2D eigenvalue weighted by Crippen LogP contribution is -2.48. The first-order valence-electron chi connectivity index (χ1n) is 8.08. The van der Waals surface area contributed by atoms with Gasteiger partial charge >= 0.3 is 0 Å². The van der Waals surface area contributed by atoms with E-state index in [1.54, 1.807) is 11.8 Å². The second-order valence-electron chi connectivity index (χ2n) is 5.75. The van der Waals surface area contributed by atoms with Crippen LogP contribution in [0.15, 0.2) is 23.1 Å². The van der Waals surface area contributed by atoms with E-state index in [9.17, 15) is 13.2 Å². The number of benzene rings is 1. The Bertz CT molecular complexity index is 687. The molecule has 2 rings (SSSR count). The predicted octanol–water partition coefficient (Wildman–Crippen LogP) is 2.42. The molecular weight excluding hydrogens is 352 g/mol. The number of hydrogen-bond donors (Lipinski definition) is 1. The minimum absolute atomic E-state index is 0.00856. The number of hydrogen-bond acceptors (Lipinski definition) is 4. The molecule has 0 unspecified atom stereocenters. The summed E-state index contributed by atoms with van der Waals surface area (Å²) in [5.41, 5.74) is 0. The van der Waals surface area contributed by atoms with Crippen LogP contribution in [0.5, 0.6) is 5.75 Å². The van der Waals surface area contributed by atoms with E-state index in [0.29, 0.717) is 25.4 Å². The van der Waals surface area contributed by atoms with Crippen LogP contribution < -0.4 is 9.46 Å². The van der Waals surface area contributed by atoms with Crippen molar-refractivity contribution in [3.8, 4) is 5.75 Å². The summed E-state index contributed by atoms with van der Waals surface area (Å²) >= 11 is 6.04. The third kappa shape index (κ3) is 4.62. The number of rotatable bonds is 6. The molecule has 0 saturated carbocycles. The summed E-state index contributed by atoms with van der Waals surface area (Å²) in [6.07, 6.45) is 3.02. The largest absolute Gasteiger partial charge is 0.492 e. The van der Waals surface area contributed by atoms with E-state index in [0.717, 1.165) is 19.3 Å². The molecule has 1 atom stereocenters. The maximum atomic E-state index is 12.5. The van der Waals surface area contributed by atoms with Gasteiger partial charge in [-0.05, 0) is 51.3 Å². The van der Waals surface area contributed by atoms with Crippen LogP contribution in [0.25, 0.3) is 0 Å². The monoisotopic (exact) mass is 374 g/mol. The Labute approximate surface area is 148 Å². The summed E-state index contributed by atoms with van der Waals surface area (Å²) in [5.74, 6) is 0.228. The van der Waals surface area contributed by atoms with Gasteiger partial charge in [0.2, 0.25) is 15.9 Å². The zero-order valence-electron chi connectivity index (χ0n) is 13.9. The molecule has 1 aromatic rings. The molecule has 0 bridgehead atoms. The first-order chi connectivity index (χ1) is 11.3. The Balaban J connectivity index is 2.09. The molecular formula is C16H23ClN2O4S. The summed E-state index contributed by atoms with van der Waals surface area (Å²) in [7, 11) is -3.83. The van der Waals surface area contributed by atoms with E-state index in [1.807, 2.05) is 6.92 Å². The van der Waals surface area contributed by atoms with E-state index >= 15 is 0 Å². The van der Waals surface area contributed by atoms with Gasteiger partial charge in [0, 0.05) is 13.1 Å². The molecule has 6 nitrogen and oxygen atoms in total. The van der Waals surface area contributed by atoms with Gasteiger partial charge in [0.05, 0.1) is 22.6 Å². The molecule has 24 heavy (non-hydrogen) atoms. The van der Waals surface area contributed by atoms with E-state index in [-0.39, 0.29) is 15.8 Å². The molecule has 1 fully saturated rings. The number of amides is 1. The molecule has 0 radical (unpaired) electrons. The van der Waals surface area contributed by atoms with Crippen molar-refractivity contribution in [2.45, 2.75) is 44.0 Å². The third-order valence-corrected chi connectivity index (χ3v) is 5.72. The molecule has 0 spiro atoms. The Kier molecular flexibility index (Phi) is 6.48. The van der Waals surface area contributed by atoms with Gasteiger partial charge in [-0.25, -0.2) is 8.42 Å². The molecule has 1 saturated heterocycles. The highest BCUT2D eigenvalue weighted by atomic mass is 35.5. The van der Waals surface area contributed by atoms with Crippen LogP contribution in [-0.2, 0) is 14.8 Å². The van der Waals surface area contributed by atoms with Crippen LogP contribution >= 0.6 is 11.6 Å². The zero-order valence-corrected chi connectivity index (χ0v) is 15.5. The van der Waals surface area contributed by atoms with Crippen molar-refractivity contribution < 1.29 is 17.9 Å². The number of halogens is 1. The molecule has 1 N–H and O–H groups in total. The third-order valence-electron chi connectivity index (χ3n) is 3.88. The summed E-state index contributed by atoms with van der Waals surface area (Å²) in [4.78, 5) is 14.1. The van der Waals surface area contributed by atoms with E-state index in [4.69, 9.17) is 16.3 Å². The number of carbonyl (C=O) groups is 1. The first kappa shape index (κ1) is 19.0. The minimum Gasteiger partial charge on any atom is -0.492 e. The van der Waals surface area contributed by atoms with E-state index in [1.165, 1.54) is 18.2 Å². The second kappa shape index (κ2) is 8.18. The van der Waals surface area contributed by atoms with Gasteiger partial charge in [0.25, 0.3) is 0 Å². The van der Waals surface area contributed by atoms with Crippen LogP contribution in [-0.4, -0.2) is 45.0 Å². The highest BCUT2D eigenvalue weighted by Gasteiger charge is 2.27.